The first kappa shape index (κ1) is 22.0. The Morgan fingerprint density at radius 3 is 2.56 bits per heavy atom. The van der Waals surface area contributed by atoms with Gasteiger partial charge in [-0.05, 0) is 56.8 Å². The van der Waals surface area contributed by atoms with Crippen LogP contribution < -0.4 is 16.0 Å². The van der Waals surface area contributed by atoms with Crippen LogP contribution in [0.4, 0.5) is 5.82 Å². The molecule has 25 heavy (non-hydrogen) atoms. The highest BCUT2D eigenvalue weighted by Crippen LogP contribution is 2.23. The Labute approximate surface area is 161 Å². The molecule has 8 heteroatoms. The van der Waals surface area contributed by atoms with Crippen LogP contribution in [-0.4, -0.2) is 49.8 Å². The van der Waals surface area contributed by atoms with E-state index in [0.29, 0.717) is 23.4 Å². The van der Waals surface area contributed by atoms with Gasteiger partial charge >= 0.3 is 0 Å². The first-order valence-corrected chi connectivity index (χ1v) is 8.56. The van der Waals surface area contributed by atoms with Gasteiger partial charge in [-0.2, -0.15) is 0 Å². The van der Waals surface area contributed by atoms with E-state index < -0.39 is 5.91 Å². The van der Waals surface area contributed by atoms with Gasteiger partial charge in [0, 0.05) is 25.9 Å². The van der Waals surface area contributed by atoms with Gasteiger partial charge in [0.2, 0.25) is 0 Å². The summed E-state index contributed by atoms with van der Waals surface area (Å²) in [4.78, 5) is 18.0. The molecule has 1 aromatic heterocycles. The number of aromatic nitrogens is 1. The second-order valence-electron chi connectivity index (χ2n) is 6.45. The lowest BCUT2D eigenvalue weighted by molar-refractivity contribution is 0.00940. The van der Waals surface area contributed by atoms with Gasteiger partial charge in [0.15, 0.2) is 0 Å². The quantitative estimate of drug-likeness (QED) is 0.803. The molecule has 6 nitrogen and oxygen atoms in total. The van der Waals surface area contributed by atoms with E-state index in [1.165, 1.54) is 12.8 Å². The molecule has 0 spiro atoms. The summed E-state index contributed by atoms with van der Waals surface area (Å²) in [6.07, 6.45) is 6.41. The van der Waals surface area contributed by atoms with Crippen LogP contribution in [0.1, 0.15) is 36.0 Å². The molecular formula is C17H28Cl2N4O2. The maximum Gasteiger partial charge on any atom is 0.252 e. The van der Waals surface area contributed by atoms with Gasteiger partial charge in [0.25, 0.3) is 5.91 Å². The summed E-state index contributed by atoms with van der Waals surface area (Å²) < 4.78 is 6.12. The number of ether oxygens (including phenoxy) is 1. The Morgan fingerprint density at radius 2 is 1.92 bits per heavy atom. The maximum absolute atomic E-state index is 11.5. The minimum atomic E-state index is -0.419. The van der Waals surface area contributed by atoms with E-state index in [1.807, 2.05) is 0 Å². The van der Waals surface area contributed by atoms with Gasteiger partial charge in [-0.15, -0.1) is 24.8 Å². The number of nitrogens with one attached hydrogen (secondary N) is 1. The summed E-state index contributed by atoms with van der Waals surface area (Å²) in [5.74, 6) is 0.987. The molecule has 3 rings (SSSR count). The van der Waals surface area contributed by atoms with Crippen molar-refractivity contribution in [3.05, 3.63) is 23.9 Å². The highest BCUT2D eigenvalue weighted by atomic mass is 35.5. The number of halogens is 2. The molecule has 0 bridgehead atoms. The fraction of sp³-hybridized carbons (Fsp3) is 0.647. The molecule has 0 saturated carbocycles. The number of nitrogens with two attached hydrogens (primary N) is 1. The molecular weight excluding hydrogens is 363 g/mol. The third kappa shape index (κ3) is 5.99. The van der Waals surface area contributed by atoms with Crippen LogP contribution in [0.3, 0.4) is 0 Å². The lowest BCUT2D eigenvalue weighted by Gasteiger charge is -2.34. The summed E-state index contributed by atoms with van der Waals surface area (Å²) in [7, 11) is 0. The molecule has 142 valence electrons. The fourth-order valence-electron chi connectivity index (χ4n) is 3.40. The Balaban J connectivity index is 0.00000156. The number of pyridine rings is 1. The molecule has 2 aliphatic heterocycles. The predicted octanol–water partition coefficient (Wildman–Crippen LogP) is 2.01. The Bertz CT molecular complexity index is 533. The SMILES string of the molecule is Cl.Cl.NC(=O)c1cccnc1N1CCC(OCC2CCNCC2)CC1. The number of carbonyl (C=O) groups is 1. The van der Waals surface area contributed by atoms with E-state index in [4.69, 9.17) is 10.5 Å². The molecule has 1 aromatic rings. The monoisotopic (exact) mass is 390 g/mol. The zero-order valence-electron chi connectivity index (χ0n) is 14.4. The van der Waals surface area contributed by atoms with Crippen LogP contribution in [-0.2, 0) is 4.74 Å². The standard InChI is InChI=1S/C17H26N4O2.2ClH/c18-16(22)15-2-1-7-20-17(15)21-10-5-14(6-11-21)23-12-13-3-8-19-9-4-13;;/h1-2,7,13-14,19H,3-6,8-12H2,(H2,18,22);2*1H. The third-order valence-corrected chi connectivity index (χ3v) is 4.82. The predicted molar refractivity (Wildman–Crippen MR) is 104 cm³/mol. The zero-order chi connectivity index (χ0) is 16.1. The molecule has 2 fully saturated rings. The molecule has 0 radical (unpaired) electrons. The number of primary amides is 1. The van der Waals surface area contributed by atoms with Gasteiger partial charge in [-0.3, -0.25) is 4.79 Å². The number of piperidine rings is 2. The second-order valence-corrected chi connectivity index (χ2v) is 6.45. The Morgan fingerprint density at radius 1 is 1.24 bits per heavy atom. The largest absolute Gasteiger partial charge is 0.378 e. The Kier molecular flexibility index (Phi) is 9.50. The number of hydrogen-bond acceptors (Lipinski definition) is 5. The molecule has 0 aromatic carbocycles. The molecule has 2 aliphatic rings. The first-order chi connectivity index (χ1) is 11.2. The van der Waals surface area contributed by atoms with Crippen LogP contribution in [0.2, 0.25) is 0 Å². The van der Waals surface area contributed by atoms with Crippen molar-refractivity contribution in [1.29, 1.82) is 0 Å². The van der Waals surface area contributed by atoms with Crippen LogP contribution in [0.25, 0.3) is 0 Å². The van der Waals surface area contributed by atoms with Crippen molar-refractivity contribution in [3.8, 4) is 0 Å². The van der Waals surface area contributed by atoms with Crippen molar-refractivity contribution in [2.45, 2.75) is 31.8 Å². The molecule has 0 aliphatic carbocycles. The zero-order valence-corrected chi connectivity index (χ0v) is 16.0. The van der Waals surface area contributed by atoms with Gasteiger partial charge in [0.05, 0.1) is 11.7 Å². The van der Waals surface area contributed by atoms with Gasteiger partial charge < -0.3 is 20.7 Å². The van der Waals surface area contributed by atoms with Gasteiger partial charge in [-0.25, -0.2) is 4.98 Å². The van der Waals surface area contributed by atoms with E-state index in [2.05, 4.69) is 15.2 Å². The number of hydrogen-bond donors (Lipinski definition) is 2. The van der Waals surface area contributed by atoms with Crippen LogP contribution >= 0.6 is 24.8 Å². The molecule has 1 amide bonds. The number of carbonyl (C=O) groups excluding carboxylic acids is 1. The summed E-state index contributed by atoms with van der Waals surface area (Å²) in [5, 5.41) is 3.38. The summed E-state index contributed by atoms with van der Waals surface area (Å²) in [6, 6.07) is 3.49. The lowest BCUT2D eigenvalue weighted by Crippen LogP contribution is -2.39. The van der Waals surface area contributed by atoms with E-state index in [1.54, 1.807) is 18.3 Å². The third-order valence-electron chi connectivity index (χ3n) is 4.82. The Hall–Kier alpha value is -1.08. The normalized spacial score (nSPS) is 19.0. The minimum absolute atomic E-state index is 0. The van der Waals surface area contributed by atoms with Gasteiger partial charge in [-0.1, -0.05) is 0 Å². The van der Waals surface area contributed by atoms with E-state index >= 15 is 0 Å². The number of amides is 1. The molecule has 3 heterocycles. The smallest absolute Gasteiger partial charge is 0.252 e. The first-order valence-electron chi connectivity index (χ1n) is 8.56. The van der Waals surface area contributed by atoms with Crippen molar-refractivity contribution >= 4 is 36.5 Å². The van der Waals surface area contributed by atoms with E-state index in [0.717, 1.165) is 45.6 Å². The molecule has 0 unspecified atom stereocenters. The van der Waals surface area contributed by atoms with Crippen molar-refractivity contribution < 1.29 is 9.53 Å². The number of nitrogens with zero attached hydrogens (tertiary/aromatic N) is 2. The fourth-order valence-corrected chi connectivity index (χ4v) is 3.40. The van der Waals surface area contributed by atoms with Crippen molar-refractivity contribution in [2.75, 3.05) is 37.7 Å². The van der Waals surface area contributed by atoms with Crippen molar-refractivity contribution in [2.24, 2.45) is 11.7 Å². The van der Waals surface area contributed by atoms with E-state index in [-0.39, 0.29) is 24.8 Å². The number of anilines is 1. The molecule has 2 saturated heterocycles. The summed E-state index contributed by atoms with van der Waals surface area (Å²) in [5.41, 5.74) is 5.94. The average Bonchev–Trinajstić information content (AvgIpc) is 2.61. The van der Waals surface area contributed by atoms with Crippen molar-refractivity contribution in [3.63, 3.8) is 0 Å². The highest BCUT2D eigenvalue weighted by molar-refractivity contribution is 5.97. The highest BCUT2D eigenvalue weighted by Gasteiger charge is 2.24. The molecule has 0 atom stereocenters. The van der Waals surface area contributed by atoms with Gasteiger partial charge in [0.1, 0.15) is 5.82 Å². The number of rotatable bonds is 5. The minimum Gasteiger partial charge on any atom is -0.378 e. The lowest BCUT2D eigenvalue weighted by atomic mass is 9.99. The van der Waals surface area contributed by atoms with Crippen LogP contribution in [0.5, 0.6) is 0 Å². The van der Waals surface area contributed by atoms with E-state index in [9.17, 15) is 4.79 Å². The topological polar surface area (TPSA) is 80.5 Å². The van der Waals surface area contributed by atoms with Crippen LogP contribution in [0.15, 0.2) is 18.3 Å². The maximum atomic E-state index is 11.5. The molecule has 3 N–H and O–H groups in total. The average molecular weight is 391 g/mol. The van der Waals surface area contributed by atoms with Crippen molar-refractivity contribution in [1.82, 2.24) is 10.3 Å². The second kappa shape index (κ2) is 10.8. The van der Waals surface area contributed by atoms with Crippen LogP contribution in [0, 0.1) is 5.92 Å². The summed E-state index contributed by atoms with van der Waals surface area (Å²) in [6.45, 7) is 4.81. The summed E-state index contributed by atoms with van der Waals surface area (Å²) >= 11 is 0.